The second kappa shape index (κ2) is 4.63. The lowest BCUT2D eigenvalue weighted by Crippen LogP contribution is -2.03. The van der Waals surface area contributed by atoms with Gasteiger partial charge in [0, 0.05) is 5.69 Å². The first-order valence-corrected chi connectivity index (χ1v) is 4.99. The van der Waals surface area contributed by atoms with Crippen molar-refractivity contribution in [1.82, 2.24) is 15.0 Å². The topological polar surface area (TPSA) is 101 Å². The van der Waals surface area contributed by atoms with Gasteiger partial charge in [0.2, 0.25) is 17.2 Å². The van der Waals surface area contributed by atoms with E-state index in [0.717, 1.165) is 5.69 Å². The number of nitrogens with two attached hydrogens (primary N) is 1. The van der Waals surface area contributed by atoms with E-state index in [4.69, 9.17) is 22.6 Å². The Kier molecular flexibility index (Phi) is 3.03. The molecule has 0 radical (unpaired) electrons. The fourth-order valence-corrected chi connectivity index (χ4v) is 1.35. The molecule has 0 saturated heterocycles. The van der Waals surface area contributed by atoms with E-state index >= 15 is 0 Å². The molecule has 2 rings (SSSR count). The average Bonchev–Trinajstić information content (AvgIpc) is 2.28. The molecule has 0 bridgehead atoms. The largest absolute Gasteiger partial charge is 0.368 e. The number of aromatic nitrogens is 3. The van der Waals surface area contributed by atoms with Gasteiger partial charge in [-0.25, -0.2) is 0 Å². The molecule has 0 fully saturated rings. The summed E-state index contributed by atoms with van der Waals surface area (Å²) in [4.78, 5) is 11.4. The predicted molar refractivity (Wildman–Crippen MR) is 63.7 cm³/mol. The summed E-state index contributed by atoms with van der Waals surface area (Å²) in [6, 6.07) is 8.83. The van der Waals surface area contributed by atoms with Gasteiger partial charge in [0.05, 0.1) is 11.6 Å². The van der Waals surface area contributed by atoms with Crippen molar-refractivity contribution in [3.63, 3.8) is 0 Å². The Morgan fingerprint density at radius 2 is 1.88 bits per heavy atom. The number of nitrogens with one attached hydrogen (secondary N) is 1. The lowest BCUT2D eigenvalue weighted by molar-refractivity contribution is 1.07. The van der Waals surface area contributed by atoms with E-state index in [2.05, 4.69) is 20.3 Å². The maximum atomic E-state index is 8.65. The summed E-state index contributed by atoms with van der Waals surface area (Å²) in [5.74, 6) is 0.299. The zero-order valence-electron chi connectivity index (χ0n) is 8.55. The number of hydrogen-bond acceptors (Lipinski definition) is 6. The molecule has 0 aliphatic carbocycles. The van der Waals surface area contributed by atoms with E-state index in [9.17, 15) is 0 Å². The molecule has 0 aliphatic rings. The van der Waals surface area contributed by atoms with Gasteiger partial charge in [-0.1, -0.05) is 0 Å². The van der Waals surface area contributed by atoms with E-state index < -0.39 is 0 Å². The van der Waals surface area contributed by atoms with Crippen LogP contribution >= 0.6 is 11.6 Å². The maximum Gasteiger partial charge on any atom is 0.233 e. The maximum absolute atomic E-state index is 8.65. The lowest BCUT2D eigenvalue weighted by atomic mass is 10.2. The first kappa shape index (κ1) is 11.1. The number of anilines is 3. The van der Waals surface area contributed by atoms with Crippen LogP contribution in [0.1, 0.15) is 5.56 Å². The molecule has 0 atom stereocenters. The van der Waals surface area contributed by atoms with E-state index in [1.165, 1.54) is 0 Å². The Hall–Kier alpha value is -2.39. The molecule has 0 spiro atoms. The highest BCUT2D eigenvalue weighted by Crippen LogP contribution is 2.15. The van der Waals surface area contributed by atoms with Gasteiger partial charge in [-0.3, -0.25) is 0 Å². The van der Waals surface area contributed by atoms with Crippen molar-refractivity contribution in [3.05, 3.63) is 35.1 Å². The van der Waals surface area contributed by atoms with Gasteiger partial charge in [0.15, 0.2) is 0 Å². The first-order valence-electron chi connectivity index (χ1n) is 4.61. The van der Waals surface area contributed by atoms with E-state index in [0.29, 0.717) is 5.56 Å². The molecule has 2 aromatic rings. The summed E-state index contributed by atoms with van der Waals surface area (Å²) in [5, 5.41) is 11.6. The zero-order chi connectivity index (χ0) is 12.3. The molecule has 3 N–H and O–H groups in total. The van der Waals surface area contributed by atoms with Crippen molar-refractivity contribution in [3.8, 4) is 6.07 Å². The molecule has 0 aliphatic heterocycles. The number of nitriles is 1. The Balaban J connectivity index is 2.22. The number of rotatable bonds is 2. The Bertz CT molecular complexity index is 554. The predicted octanol–water partition coefficient (Wildman–Crippen LogP) is 1.72. The van der Waals surface area contributed by atoms with Crippen molar-refractivity contribution >= 4 is 29.2 Å². The first-order chi connectivity index (χ1) is 8.17. The fourth-order valence-electron chi connectivity index (χ4n) is 1.18. The SMILES string of the molecule is N#Cc1ccc(Nc2nc(N)nc(Cl)n2)cc1. The van der Waals surface area contributed by atoms with Crippen molar-refractivity contribution in [2.75, 3.05) is 11.1 Å². The molecule has 17 heavy (non-hydrogen) atoms. The van der Waals surface area contributed by atoms with Crippen molar-refractivity contribution in [2.24, 2.45) is 0 Å². The summed E-state index contributed by atoms with van der Waals surface area (Å²) in [7, 11) is 0. The summed E-state index contributed by atoms with van der Waals surface area (Å²) in [5.41, 5.74) is 6.73. The van der Waals surface area contributed by atoms with Crippen LogP contribution in [0.2, 0.25) is 5.28 Å². The molecule has 84 valence electrons. The third-order valence-corrected chi connectivity index (χ3v) is 2.06. The minimum Gasteiger partial charge on any atom is -0.368 e. The number of halogens is 1. The van der Waals surface area contributed by atoms with Gasteiger partial charge in [-0.05, 0) is 35.9 Å². The molecule has 1 aromatic carbocycles. The van der Waals surface area contributed by atoms with Gasteiger partial charge < -0.3 is 11.1 Å². The molecule has 1 heterocycles. The van der Waals surface area contributed by atoms with Gasteiger partial charge in [0.1, 0.15) is 0 Å². The second-order valence-electron chi connectivity index (χ2n) is 3.10. The second-order valence-corrected chi connectivity index (χ2v) is 3.44. The number of benzene rings is 1. The van der Waals surface area contributed by atoms with Gasteiger partial charge in [-0.15, -0.1) is 0 Å². The van der Waals surface area contributed by atoms with Gasteiger partial charge >= 0.3 is 0 Å². The van der Waals surface area contributed by atoms with Gasteiger partial charge in [0.25, 0.3) is 0 Å². The molecular weight excluding hydrogens is 240 g/mol. The summed E-state index contributed by atoms with van der Waals surface area (Å²) < 4.78 is 0. The lowest BCUT2D eigenvalue weighted by Gasteiger charge is -2.04. The van der Waals surface area contributed by atoms with Crippen molar-refractivity contribution < 1.29 is 0 Å². The van der Waals surface area contributed by atoms with Crippen LogP contribution in [-0.2, 0) is 0 Å². The Morgan fingerprint density at radius 1 is 1.18 bits per heavy atom. The van der Waals surface area contributed by atoms with Gasteiger partial charge in [-0.2, -0.15) is 20.2 Å². The molecule has 0 unspecified atom stereocenters. The van der Waals surface area contributed by atoms with Crippen LogP contribution in [-0.4, -0.2) is 15.0 Å². The molecule has 7 heteroatoms. The van der Waals surface area contributed by atoms with Crippen LogP contribution < -0.4 is 11.1 Å². The van der Waals surface area contributed by atoms with E-state index in [1.807, 2.05) is 6.07 Å². The smallest absolute Gasteiger partial charge is 0.233 e. The van der Waals surface area contributed by atoms with Crippen LogP contribution in [0.15, 0.2) is 24.3 Å². The monoisotopic (exact) mass is 246 g/mol. The third-order valence-electron chi connectivity index (χ3n) is 1.90. The van der Waals surface area contributed by atoms with Crippen LogP contribution in [0.4, 0.5) is 17.6 Å². The highest BCUT2D eigenvalue weighted by Gasteiger charge is 2.02. The quantitative estimate of drug-likeness (QED) is 0.837. The van der Waals surface area contributed by atoms with Crippen LogP contribution in [0.3, 0.4) is 0 Å². The number of nitrogen functional groups attached to an aromatic ring is 1. The van der Waals surface area contributed by atoms with Crippen molar-refractivity contribution in [1.29, 1.82) is 5.26 Å². The van der Waals surface area contributed by atoms with E-state index in [1.54, 1.807) is 24.3 Å². The third kappa shape index (κ3) is 2.80. The molecular formula is C10H7ClN6. The summed E-state index contributed by atoms with van der Waals surface area (Å²) >= 11 is 5.64. The zero-order valence-corrected chi connectivity index (χ0v) is 9.31. The minimum atomic E-state index is 0.0219. The van der Waals surface area contributed by atoms with Crippen LogP contribution in [0, 0.1) is 11.3 Å². The van der Waals surface area contributed by atoms with Crippen LogP contribution in [0.5, 0.6) is 0 Å². The molecule has 1 aromatic heterocycles. The molecule has 0 saturated carbocycles. The number of hydrogen-bond donors (Lipinski definition) is 2. The highest BCUT2D eigenvalue weighted by atomic mass is 35.5. The normalized spacial score (nSPS) is 9.65. The Labute approximate surface area is 102 Å². The highest BCUT2D eigenvalue weighted by molar-refractivity contribution is 6.28. The molecule has 0 amide bonds. The average molecular weight is 247 g/mol. The van der Waals surface area contributed by atoms with Crippen LogP contribution in [0.25, 0.3) is 0 Å². The van der Waals surface area contributed by atoms with E-state index in [-0.39, 0.29) is 17.2 Å². The van der Waals surface area contributed by atoms with Crippen molar-refractivity contribution in [2.45, 2.75) is 0 Å². The standard InChI is InChI=1S/C10H7ClN6/c11-8-15-9(13)17-10(16-8)14-7-3-1-6(5-12)2-4-7/h1-4H,(H3,13,14,15,16,17). The fraction of sp³-hybridized carbons (Fsp3) is 0. The molecule has 6 nitrogen and oxygen atoms in total. The number of nitrogens with zero attached hydrogens (tertiary/aromatic N) is 4. The summed E-state index contributed by atoms with van der Waals surface area (Å²) in [6.45, 7) is 0. The summed E-state index contributed by atoms with van der Waals surface area (Å²) in [6.07, 6.45) is 0. The minimum absolute atomic E-state index is 0.0219. The Morgan fingerprint density at radius 3 is 2.47 bits per heavy atom.